The van der Waals surface area contributed by atoms with Crippen molar-refractivity contribution < 1.29 is 27.2 Å². The standard InChI is InChI=1S/C30H40N4O6S/c1-20(2)18-34(41(37,38)27-10-8-24(9-11-27)19-39-6)13-7-12-31-29(35)25-14-21(3)15-26(16-25)30(36)32-17-28-22(4)33-23(5)40-28/h8-11,14-16,20H,7,12-13,17-19H2,1-6H3,(H,31,35)(H,32,36). The van der Waals surface area contributed by atoms with E-state index in [1.165, 1.54) is 4.31 Å². The van der Waals surface area contributed by atoms with E-state index in [1.54, 1.807) is 56.5 Å². The molecule has 0 aliphatic carbocycles. The van der Waals surface area contributed by atoms with Gasteiger partial charge in [-0.05, 0) is 67.6 Å². The summed E-state index contributed by atoms with van der Waals surface area (Å²) in [4.78, 5) is 30.1. The van der Waals surface area contributed by atoms with Crippen LogP contribution in [0.2, 0.25) is 0 Å². The van der Waals surface area contributed by atoms with Crippen molar-refractivity contribution in [3.63, 3.8) is 0 Å². The molecule has 11 heteroatoms. The van der Waals surface area contributed by atoms with Crippen LogP contribution in [0, 0.1) is 26.7 Å². The van der Waals surface area contributed by atoms with Gasteiger partial charge in [-0.25, -0.2) is 13.4 Å². The maximum Gasteiger partial charge on any atom is 0.251 e. The van der Waals surface area contributed by atoms with Crippen LogP contribution >= 0.6 is 0 Å². The summed E-state index contributed by atoms with van der Waals surface area (Å²) in [6.07, 6.45) is 0.425. The van der Waals surface area contributed by atoms with Gasteiger partial charge < -0.3 is 19.8 Å². The fraction of sp³-hybridized carbons (Fsp3) is 0.433. The van der Waals surface area contributed by atoms with Crippen molar-refractivity contribution in [2.24, 2.45) is 5.92 Å². The van der Waals surface area contributed by atoms with Gasteiger partial charge in [0.05, 0.1) is 23.7 Å². The summed E-state index contributed by atoms with van der Waals surface area (Å²) in [5, 5.41) is 5.66. The van der Waals surface area contributed by atoms with Gasteiger partial charge in [0.1, 0.15) is 5.76 Å². The highest BCUT2D eigenvalue weighted by Gasteiger charge is 2.25. The average molecular weight is 585 g/mol. The molecule has 0 unspecified atom stereocenters. The second-order valence-electron chi connectivity index (χ2n) is 10.5. The molecule has 2 N–H and O–H groups in total. The van der Waals surface area contributed by atoms with E-state index in [9.17, 15) is 18.0 Å². The molecule has 0 saturated carbocycles. The summed E-state index contributed by atoms with van der Waals surface area (Å²) in [7, 11) is -2.11. The second kappa shape index (κ2) is 14.4. The van der Waals surface area contributed by atoms with E-state index in [4.69, 9.17) is 9.15 Å². The van der Waals surface area contributed by atoms with Crippen LogP contribution in [0.1, 0.15) is 69.5 Å². The molecule has 0 aliphatic heterocycles. The third-order valence-electron chi connectivity index (χ3n) is 6.32. The Bertz CT molecular complexity index is 1450. The maximum absolute atomic E-state index is 13.3. The normalized spacial score (nSPS) is 11.7. The number of sulfonamides is 1. The molecule has 2 aromatic carbocycles. The van der Waals surface area contributed by atoms with Gasteiger partial charge in [-0.2, -0.15) is 4.31 Å². The van der Waals surface area contributed by atoms with Gasteiger partial charge in [-0.1, -0.05) is 26.0 Å². The Kier molecular flexibility index (Phi) is 11.2. The first-order valence-electron chi connectivity index (χ1n) is 13.6. The van der Waals surface area contributed by atoms with Crippen LogP contribution in [0.25, 0.3) is 0 Å². The zero-order valence-corrected chi connectivity index (χ0v) is 25.4. The topological polar surface area (TPSA) is 131 Å². The van der Waals surface area contributed by atoms with Crippen molar-refractivity contribution >= 4 is 21.8 Å². The number of nitrogens with zero attached hydrogens (tertiary/aromatic N) is 2. The Morgan fingerprint density at radius 2 is 1.63 bits per heavy atom. The molecule has 0 atom stereocenters. The molecular formula is C30H40N4O6S. The Morgan fingerprint density at radius 1 is 1.00 bits per heavy atom. The smallest absolute Gasteiger partial charge is 0.251 e. The van der Waals surface area contributed by atoms with Crippen molar-refractivity contribution in [2.75, 3.05) is 26.7 Å². The van der Waals surface area contributed by atoms with E-state index < -0.39 is 10.0 Å². The second-order valence-corrected chi connectivity index (χ2v) is 12.4. The number of aromatic nitrogens is 1. The number of hydrogen-bond donors (Lipinski definition) is 2. The van der Waals surface area contributed by atoms with Crippen molar-refractivity contribution in [1.82, 2.24) is 19.9 Å². The van der Waals surface area contributed by atoms with Gasteiger partial charge in [0.15, 0.2) is 5.89 Å². The molecule has 222 valence electrons. The molecule has 1 aromatic heterocycles. The van der Waals surface area contributed by atoms with Gasteiger partial charge in [0.25, 0.3) is 11.8 Å². The van der Waals surface area contributed by atoms with Crippen molar-refractivity contribution in [3.8, 4) is 0 Å². The molecular weight excluding hydrogens is 544 g/mol. The number of ether oxygens (including phenoxy) is 1. The van der Waals surface area contributed by atoms with E-state index in [-0.39, 0.29) is 42.3 Å². The summed E-state index contributed by atoms with van der Waals surface area (Å²) in [6.45, 7) is 10.8. The van der Waals surface area contributed by atoms with Crippen LogP contribution in [0.4, 0.5) is 0 Å². The summed E-state index contributed by atoms with van der Waals surface area (Å²) < 4.78 is 38.8. The number of benzene rings is 2. The minimum Gasteiger partial charge on any atom is -0.444 e. The number of amides is 2. The number of methoxy groups -OCH3 is 1. The van der Waals surface area contributed by atoms with E-state index in [0.717, 1.165) is 11.1 Å². The lowest BCUT2D eigenvalue weighted by Crippen LogP contribution is -2.37. The maximum atomic E-state index is 13.3. The van der Waals surface area contributed by atoms with E-state index in [2.05, 4.69) is 15.6 Å². The Balaban J connectivity index is 1.60. The first-order valence-corrected chi connectivity index (χ1v) is 15.0. The predicted molar refractivity (Wildman–Crippen MR) is 156 cm³/mol. The summed E-state index contributed by atoms with van der Waals surface area (Å²) >= 11 is 0. The number of oxazole rings is 1. The molecule has 3 aromatic rings. The summed E-state index contributed by atoms with van der Waals surface area (Å²) in [5.74, 6) is 0.569. The highest BCUT2D eigenvalue weighted by molar-refractivity contribution is 7.89. The van der Waals surface area contributed by atoms with Gasteiger partial charge >= 0.3 is 0 Å². The van der Waals surface area contributed by atoms with Crippen LogP contribution in [-0.2, 0) is 27.9 Å². The first-order chi connectivity index (χ1) is 19.4. The van der Waals surface area contributed by atoms with E-state index in [0.29, 0.717) is 48.0 Å². The minimum atomic E-state index is -3.70. The quantitative estimate of drug-likeness (QED) is 0.272. The Labute approximate surface area is 242 Å². The van der Waals surface area contributed by atoms with Crippen molar-refractivity contribution in [2.45, 2.75) is 59.1 Å². The first kappa shape index (κ1) is 32.0. The number of nitrogens with one attached hydrogen (secondary N) is 2. The van der Waals surface area contributed by atoms with E-state index in [1.807, 2.05) is 27.7 Å². The third-order valence-corrected chi connectivity index (χ3v) is 8.20. The molecule has 0 aliphatic rings. The van der Waals surface area contributed by atoms with Crippen LogP contribution in [-0.4, -0.2) is 56.3 Å². The molecule has 1 heterocycles. The van der Waals surface area contributed by atoms with Gasteiger partial charge in [-0.15, -0.1) is 0 Å². The number of carbonyl (C=O) groups excluding carboxylic acids is 2. The molecule has 0 saturated heterocycles. The fourth-order valence-corrected chi connectivity index (χ4v) is 6.04. The SMILES string of the molecule is COCc1ccc(S(=O)(=O)N(CCCNC(=O)c2cc(C)cc(C(=O)NCc3oc(C)nc3C)c2)CC(C)C)cc1. The Morgan fingerprint density at radius 3 is 2.20 bits per heavy atom. The zero-order chi connectivity index (χ0) is 30.2. The average Bonchev–Trinajstić information content (AvgIpc) is 3.25. The molecule has 2 amide bonds. The lowest BCUT2D eigenvalue weighted by atomic mass is 10.1. The molecule has 0 fully saturated rings. The molecule has 0 bridgehead atoms. The largest absolute Gasteiger partial charge is 0.444 e. The minimum absolute atomic E-state index is 0.126. The lowest BCUT2D eigenvalue weighted by Gasteiger charge is -2.24. The van der Waals surface area contributed by atoms with Crippen LogP contribution in [0.3, 0.4) is 0 Å². The van der Waals surface area contributed by atoms with Gasteiger partial charge in [0.2, 0.25) is 10.0 Å². The number of carbonyl (C=O) groups is 2. The van der Waals surface area contributed by atoms with Crippen molar-refractivity contribution in [1.29, 1.82) is 0 Å². The molecule has 10 nitrogen and oxygen atoms in total. The third kappa shape index (κ3) is 8.97. The van der Waals surface area contributed by atoms with Crippen LogP contribution in [0.5, 0.6) is 0 Å². The van der Waals surface area contributed by atoms with Gasteiger partial charge in [0, 0.05) is 44.8 Å². The lowest BCUT2D eigenvalue weighted by molar-refractivity contribution is 0.0947. The molecule has 0 spiro atoms. The van der Waals surface area contributed by atoms with Crippen LogP contribution < -0.4 is 10.6 Å². The number of hydrogen-bond acceptors (Lipinski definition) is 7. The predicted octanol–water partition coefficient (Wildman–Crippen LogP) is 4.14. The van der Waals surface area contributed by atoms with Gasteiger partial charge in [-0.3, -0.25) is 9.59 Å². The highest BCUT2D eigenvalue weighted by atomic mass is 32.2. The zero-order valence-electron chi connectivity index (χ0n) is 24.6. The Hall–Kier alpha value is -3.54. The van der Waals surface area contributed by atoms with Crippen LogP contribution in [0.15, 0.2) is 51.8 Å². The monoisotopic (exact) mass is 584 g/mol. The van der Waals surface area contributed by atoms with Crippen molar-refractivity contribution in [3.05, 3.63) is 82.1 Å². The fourth-order valence-electron chi connectivity index (χ4n) is 4.40. The summed E-state index contributed by atoms with van der Waals surface area (Å²) in [6, 6.07) is 11.6. The number of aryl methyl sites for hydroxylation is 3. The molecule has 0 radical (unpaired) electrons. The number of rotatable bonds is 14. The molecule has 3 rings (SSSR count). The van der Waals surface area contributed by atoms with E-state index >= 15 is 0 Å². The summed E-state index contributed by atoms with van der Waals surface area (Å²) in [5.41, 5.74) is 3.08. The molecule has 41 heavy (non-hydrogen) atoms. The highest BCUT2D eigenvalue weighted by Crippen LogP contribution is 2.19.